The molecule has 0 spiro atoms. The first-order chi connectivity index (χ1) is 12.4. The Morgan fingerprint density at radius 2 is 1.69 bits per heavy atom. The van der Waals surface area contributed by atoms with E-state index in [9.17, 15) is 13.2 Å². The van der Waals surface area contributed by atoms with E-state index < -0.39 is 22.0 Å². The van der Waals surface area contributed by atoms with Crippen molar-refractivity contribution < 1.29 is 17.9 Å². The molecule has 1 heterocycles. The quantitative estimate of drug-likeness (QED) is 0.776. The summed E-state index contributed by atoms with van der Waals surface area (Å²) in [5.41, 5.74) is 1.95. The van der Waals surface area contributed by atoms with Gasteiger partial charge in [-0.1, -0.05) is 54.1 Å². The second kappa shape index (κ2) is 7.17. The molecule has 0 saturated carbocycles. The molecule has 0 N–H and O–H groups in total. The summed E-state index contributed by atoms with van der Waals surface area (Å²) in [6, 6.07) is 15.3. The molecular weight excluding hydrogens is 350 g/mol. The van der Waals surface area contributed by atoms with Gasteiger partial charge in [-0.3, -0.25) is 4.31 Å². The lowest BCUT2D eigenvalue weighted by Crippen LogP contribution is -2.32. The molecule has 3 rings (SSSR count). The summed E-state index contributed by atoms with van der Waals surface area (Å²) in [7, 11) is -2.59. The Labute approximate surface area is 153 Å². The lowest BCUT2D eigenvalue weighted by Gasteiger charge is -2.31. The molecule has 26 heavy (non-hydrogen) atoms. The summed E-state index contributed by atoms with van der Waals surface area (Å²) in [5.74, 6) is -0.586. The predicted molar refractivity (Wildman–Crippen MR) is 98.6 cm³/mol. The fraction of sp³-hybridized carbons (Fsp3) is 0.150. The highest BCUT2D eigenvalue weighted by molar-refractivity contribution is 7.89. The van der Waals surface area contributed by atoms with E-state index in [0.717, 1.165) is 11.1 Å². The van der Waals surface area contributed by atoms with Crippen molar-refractivity contribution in [3.05, 3.63) is 89.6 Å². The number of esters is 1. The third-order valence-corrected chi connectivity index (χ3v) is 5.91. The molecule has 1 aliphatic heterocycles. The molecule has 134 valence electrons. The average Bonchev–Trinajstić information content (AvgIpc) is 2.68. The first-order valence-corrected chi connectivity index (χ1v) is 9.51. The van der Waals surface area contributed by atoms with Crippen molar-refractivity contribution in [2.75, 3.05) is 7.11 Å². The van der Waals surface area contributed by atoms with Crippen molar-refractivity contribution >= 4 is 16.0 Å². The van der Waals surface area contributed by atoms with E-state index in [1.54, 1.807) is 36.4 Å². The molecule has 1 aliphatic rings. The lowest BCUT2D eigenvalue weighted by atomic mass is 10.0. The van der Waals surface area contributed by atoms with Gasteiger partial charge < -0.3 is 4.74 Å². The minimum absolute atomic E-state index is 0.166. The summed E-state index contributed by atoms with van der Waals surface area (Å²) in [6.07, 6.45) is 4.61. The number of nitrogens with zero attached hydrogens (tertiary/aromatic N) is 1. The molecule has 2 aromatic rings. The molecule has 0 amide bonds. The van der Waals surface area contributed by atoms with Crippen LogP contribution in [0.5, 0.6) is 0 Å². The van der Waals surface area contributed by atoms with E-state index in [0.29, 0.717) is 0 Å². The smallest absolute Gasteiger partial charge is 0.339 e. The number of ether oxygens (including phenoxy) is 1. The number of methoxy groups -OCH3 is 1. The summed E-state index contributed by atoms with van der Waals surface area (Å²) in [4.78, 5) is 12.1. The highest BCUT2D eigenvalue weighted by Crippen LogP contribution is 2.33. The molecular formula is C20H19NO4S. The van der Waals surface area contributed by atoms with Crippen LogP contribution in [0.25, 0.3) is 0 Å². The number of carbonyl (C=O) groups is 1. The van der Waals surface area contributed by atoms with Gasteiger partial charge in [-0.2, -0.15) is 0 Å². The van der Waals surface area contributed by atoms with Crippen LogP contribution in [0.2, 0.25) is 0 Å². The highest BCUT2D eigenvalue weighted by atomic mass is 32.2. The van der Waals surface area contributed by atoms with Crippen molar-refractivity contribution in [3.8, 4) is 0 Å². The van der Waals surface area contributed by atoms with Gasteiger partial charge in [0, 0.05) is 6.20 Å². The third-order valence-electron chi connectivity index (χ3n) is 4.16. The molecule has 1 atom stereocenters. The van der Waals surface area contributed by atoms with Gasteiger partial charge in [0.15, 0.2) is 0 Å². The summed E-state index contributed by atoms with van der Waals surface area (Å²) >= 11 is 0. The summed E-state index contributed by atoms with van der Waals surface area (Å²) in [6.45, 7) is 1.89. The Bertz CT molecular complexity index is 961. The fourth-order valence-corrected chi connectivity index (χ4v) is 4.20. The SMILES string of the molecule is COC(=O)C1=CN(S(=O)(=O)c2ccc(C)cc2)C(c2ccccc2)C=C1. The van der Waals surface area contributed by atoms with Gasteiger partial charge in [0.25, 0.3) is 10.0 Å². The predicted octanol–water partition coefficient (Wildman–Crippen LogP) is 3.35. The highest BCUT2D eigenvalue weighted by Gasteiger charge is 2.32. The lowest BCUT2D eigenvalue weighted by molar-refractivity contribution is -0.135. The Morgan fingerprint density at radius 3 is 2.31 bits per heavy atom. The van der Waals surface area contributed by atoms with Crippen LogP contribution in [-0.4, -0.2) is 25.8 Å². The van der Waals surface area contributed by atoms with Gasteiger partial charge in [-0.15, -0.1) is 0 Å². The van der Waals surface area contributed by atoms with Crippen LogP contribution in [0.1, 0.15) is 17.2 Å². The van der Waals surface area contributed by atoms with Crippen LogP contribution >= 0.6 is 0 Å². The Kier molecular flexibility index (Phi) is 4.95. The second-order valence-electron chi connectivity index (χ2n) is 5.94. The van der Waals surface area contributed by atoms with Crippen molar-refractivity contribution in [2.24, 2.45) is 0 Å². The zero-order chi connectivity index (χ0) is 18.7. The van der Waals surface area contributed by atoms with Gasteiger partial charge in [0.2, 0.25) is 0 Å². The van der Waals surface area contributed by atoms with Crippen LogP contribution in [0.15, 0.2) is 83.4 Å². The van der Waals surface area contributed by atoms with E-state index >= 15 is 0 Å². The second-order valence-corrected chi connectivity index (χ2v) is 7.78. The number of aryl methyl sites for hydroxylation is 1. The molecule has 0 bridgehead atoms. The molecule has 5 nitrogen and oxygen atoms in total. The molecule has 0 aliphatic carbocycles. The Hall–Kier alpha value is -2.86. The maximum atomic E-state index is 13.2. The van der Waals surface area contributed by atoms with Gasteiger partial charge in [-0.05, 0) is 30.7 Å². The van der Waals surface area contributed by atoms with E-state index in [1.807, 2.05) is 37.3 Å². The maximum absolute atomic E-state index is 13.2. The van der Waals surface area contributed by atoms with E-state index in [2.05, 4.69) is 0 Å². The molecule has 0 saturated heterocycles. The van der Waals surface area contributed by atoms with Crippen molar-refractivity contribution in [2.45, 2.75) is 17.9 Å². The summed E-state index contributed by atoms with van der Waals surface area (Å²) < 4.78 is 32.4. The van der Waals surface area contributed by atoms with E-state index in [1.165, 1.54) is 17.6 Å². The molecule has 2 aromatic carbocycles. The van der Waals surface area contributed by atoms with Crippen molar-refractivity contribution in [3.63, 3.8) is 0 Å². The number of benzene rings is 2. The molecule has 0 radical (unpaired) electrons. The number of carbonyl (C=O) groups excluding carboxylic acids is 1. The maximum Gasteiger partial charge on any atom is 0.339 e. The first-order valence-electron chi connectivity index (χ1n) is 8.07. The molecule has 0 fully saturated rings. The van der Waals surface area contributed by atoms with Crippen molar-refractivity contribution in [1.29, 1.82) is 0 Å². The monoisotopic (exact) mass is 369 g/mol. The topological polar surface area (TPSA) is 63.7 Å². The number of sulfonamides is 1. The van der Waals surface area contributed by atoms with Crippen molar-refractivity contribution in [1.82, 2.24) is 4.31 Å². The zero-order valence-corrected chi connectivity index (χ0v) is 15.3. The van der Waals surface area contributed by atoms with Crippen LogP contribution in [0.3, 0.4) is 0 Å². The molecule has 0 aromatic heterocycles. The molecule has 6 heteroatoms. The minimum Gasteiger partial charge on any atom is -0.465 e. The minimum atomic E-state index is -3.85. The normalized spacial score (nSPS) is 16.9. The number of hydrogen-bond donors (Lipinski definition) is 0. The summed E-state index contributed by atoms with van der Waals surface area (Å²) in [5, 5.41) is 0. The van der Waals surface area contributed by atoms with Crippen LogP contribution < -0.4 is 0 Å². The third kappa shape index (κ3) is 3.41. The average molecular weight is 369 g/mol. The van der Waals surface area contributed by atoms with Crippen LogP contribution in [0, 0.1) is 6.92 Å². The molecule has 1 unspecified atom stereocenters. The standard InChI is InChI=1S/C20H19NO4S/c1-15-8-11-18(12-9-15)26(23,24)21-14-17(20(22)25-2)10-13-19(21)16-6-4-3-5-7-16/h3-14,19H,1-2H3. The van der Waals surface area contributed by atoms with Gasteiger partial charge in [-0.25, -0.2) is 13.2 Å². The number of hydrogen-bond acceptors (Lipinski definition) is 4. The van der Waals surface area contributed by atoms with E-state index in [-0.39, 0.29) is 10.5 Å². The Morgan fingerprint density at radius 1 is 1.04 bits per heavy atom. The van der Waals surface area contributed by atoms with Crippen LogP contribution in [-0.2, 0) is 19.6 Å². The van der Waals surface area contributed by atoms with Gasteiger partial charge in [0.05, 0.1) is 23.6 Å². The number of rotatable bonds is 4. The van der Waals surface area contributed by atoms with Gasteiger partial charge >= 0.3 is 5.97 Å². The Balaban J connectivity index is 2.10. The van der Waals surface area contributed by atoms with E-state index in [4.69, 9.17) is 4.74 Å². The fourth-order valence-electron chi connectivity index (χ4n) is 2.74. The zero-order valence-electron chi connectivity index (χ0n) is 14.5. The largest absolute Gasteiger partial charge is 0.465 e. The van der Waals surface area contributed by atoms with Gasteiger partial charge in [0.1, 0.15) is 0 Å². The van der Waals surface area contributed by atoms with Crippen LogP contribution in [0.4, 0.5) is 0 Å². The first kappa shape index (κ1) is 17.9.